The van der Waals surface area contributed by atoms with Crippen LogP contribution in [0.1, 0.15) is 26.7 Å². The summed E-state index contributed by atoms with van der Waals surface area (Å²) in [4.78, 5) is 14.6. The van der Waals surface area contributed by atoms with Gasteiger partial charge in [-0.15, -0.1) is 0 Å². The molecule has 21 heavy (non-hydrogen) atoms. The first kappa shape index (κ1) is 16.7. The third-order valence-corrected chi connectivity index (χ3v) is 4.43. The van der Waals surface area contributed by atoms with Gasteiger partial charge in [-0.25, -0.2) is 0 Å². The summed E-state index contributed by atoms with van der Waals surface area (Å²) < 4.78 is 11.0. The Hall–Kier alpha value is -0.690. The van der Waals surface area contributed by atoms with Gasteiger partial charge in [0.25, 0.3) is 0 Å². The minimum atomic E-state index is -0.323. The van der Waals surface area contributed by atoms with Crippen LogP contribution in [0.2, 0.25) is 0 Å². The second-order valence-corrected chi connectivity index (χ2v) is 6.26. The van der Waals surface area contributed by atoms with Crippen LogP contribution < -0.4 is 11.1 Å². The van der Waals surface area contributed by atoms with Gasteiger partial charge in [0.1, 0.15) is 6.10 Å². The number of nitrogens with zero attached hydrogens (tertiary/aromatic N) is 1. The Bertz CT molecular complexity index is 332. The Morgan fingerprint density at radius 1 is 1.33 bits per heavy atom. The summed E-state index contributed by atoms with van der Waals surface area (Å²) in [7, 11) is 0. The van der Waals surface area contributed by atoms with Gasteiger partial charge in [-0.05, 0) is 18.8 Å². The van der Waals surface area contributed by atoms with Crippen LogP contribution in [0.5, 0.6) is 0 Å². The molecule has 0 radical (unpaired) electrons. The molecular formula is C15H29N3O3. The van der Waals surface area contributed by atoms with Crippen LogP contribution in [-0.4, -0.2) is 68.4 Å². The van der Waals surface area contributed by atoms with Crippen molar-refractivity contribution in [1.29, 1.82) is 0 Å². The molecule has 1 unspecified atom stereocenters. The monoisotopic (exact) mass is 299 g/mol. The molecule has 0 bridgehead atoms. The maximum Gasteiger partial charge on any atom is 0.249 e. The van der Waals surface area contributed by atoms with E-state index in [2.05, 4.69) is 24.1 Å². The average molecular weight is 299 g/mol. The Morgan fingerprint density at radius 2 is 2.05 bits per heavy atom. The topological polar surface area (TPSA) is 76.8 Å². The fourth-order valence-electron chi connectivity index (χ4n) is 3.09. The van der Waals surface area contributed by atoms with Gasteiger partial charge in [-0.3, -0.25) is 9.69 Å². The molecule has 2 saturated heterocycles. The number of hydrogen-bond donors (Lipinski definition) is 2. The van der Waals surface area contributed by atoms with Gasteiger partial charge in [0.15, 0.2) is 0 Å². The summed E-state index contributed by atoms with van der Waals surface area (Å²) in [6.45, 7) is 8.99. The lowest BCUT2D eigenvalue weighted by Crippen LogP contribution is -2.52. The lowest BCUT2D eigenvalue weighted by molar-refractivity contribution is -0.132. The van der Waals surface area contributed by atoms with Crippen molar-refractivity contribution in [3.63, 3.8) is 0 Å². The van der Waals surface area contributed by atoms with E-state index in [1.54, 1.807) is 0 Å². The van der Waals surface area contributed by atoms with E-state index in [0.717, 1.165) is 39.1 Å². The largest absolute Gasteiger partial charge is 0.379 e. The molecular weight excluding hydrogens is 270 g/mol. The molecule has 2 aliphatic rings. The van der Waals surface area contributed by atoms with E-state index < -0.39 is 0 Å². The molecule has 0 aliphatic carbocycles. The molecule has 0 aromatic heterocycles. The molecule has 6 heteroatoms. The zero-order chi connectivity index (χ0) is 15.2. The first-order valence-electron chi connectivity index (χ1n) is 8.07. The standard InChI is InChI=1S/C15H29N3O3/c1-11(2)13(18-5-7-20-8-6-18)10-17-15(19)14-4-3-12(9-16)21-14/h11-14H,3-10,16H2,1-2H3,(H,17,19)/t12-,13?,14+/m1/s1. The number of amides is 1. The van der Waals surface area contributed by atoms with Crippen molar-refractivity contribution in [3.8, 4) is 0 Å². The third-order valence-electron chi connectivity index (χ3n) is 4.43. The second kappa shape index (κ2) is 8.08. The van der Waals surface area contributed by atoms with E-state index in [4.69, 9.17) is 15.2 Å². The van der Waals surface area contributed by atoms with Crippen LogP contribution >= 0.6 is 0 Å². The van der Waals surface area contributed by atoms with Crippen LogP contribution in [0.3, 0.4) is 0 Å². The van der Waals surface area contributed by atoms with E-state index in [1.807, 2.05) is 0 Å². The van der Waals surface area contributed by atoms with Crippen molar-refractivity contribution >= 4 is 5.91 Å². The number of ether oxygens (including phenoxy) is 2. The van der Waals surface area contributed by atoms with E-state index in [-0.39, 0.29) is 18.1 Å². The molecule has 1 amide bonds. The van der Waals surface area contributed by atoms with Gasteiger partial charge >= 0.3 is 0 Å². The molecule has 0 aromatic rings. The molecule has 0 saturated carbocycles. The Labute approximate surface area is 127 Å². The van der Waals surface area contributed by atoms with Gasteiger partial charge in [0.05, 0.1) is 19.3 Å². The zero-order valence-corrected chi connectivity index (χ0v) is 13.2. The quantitative estimate of drug-likeness (QED) is 0.720. The summed E-state index contributed by atoms with van der Waals surface area (Å²) >= 11 is 0. The summed E-state index contributed by atoms with van der Waals surface area (Å²) in [6, 6.07) is 0.351. The molecule has 122 valence electrons. The molecule has 2 fully saturated rings. The maximum atomic E-state index is 12.2. The van der Waals surface area contributed by atoms with E-state index in [0.29, 0.717) is 25.0 Å². The maximum absolute atomic E-state index is 12.2. The summed E-state index contributed by atoms with van der Waals surface area (Å²) in [5.74, 6) is 0.495. The van der Waals surface area contributed by atoms with Gasteiger partial charge in [0, 0.05) is 32.2 Å². The van der Waals surface area contributed by atoms with E-state index >= 15 is 0 Å². The van der Waals surface area contributed by atoms with Crippen molar-refractivity contribution in [3.05, 3.63) is 0 Å². The Morgan fingerprint density at radius 3 is 2.62 bits per heavy atom. The van der Waals surface area contributed by atoms with Crippen molar-refractivity contribution in [1.82, 2.24) is 10.2 Å². The molecule has 0 aromatic carbocycles. The third kappa shape index (κ3) is 4.64. The van der Waals surface area contributed by atoms with E-state index in [9.17, 15) is 4.79 Å². The predicted molar refractivity (Wildman–Crippen MR) is 81.0 cm³/mol. The molecule has 3 N–H and O–H groups in total. The number of carbonyl (C=O) groups is 1. The summed E-state index contributed by atoms with van der Waals surface area (Å²) in [5.41, 5.74) is 5.58. The smallest absolute Gasteiger partial charge is 0.249 e. The van der Waals surface area contributed by atoms with Crippen LogP contribution in [0, 0.1) is 5.92 Å². The molecule has 2 heterocycles. The van der Waals surface area contributed by atoms with Crippen LogP contribution in [-0.2, 0) is 14.3 Å². The number of carbonyl (C=O) groups excluding carboxylic acids is 1. The number of morpholine rings is 1. The molecule has 6 nitrogen and oxygen atoms in total. The van der Waals surface area contributed by atoms with Crippen LogP contribution in [0.25, 0.3) is 0 Å². The fourth-order valence-corrected chi connectivity index (χ4v) is 3.09. The van der Waals surface area contributed by atoms with Gasteiger partial charge < -0.3 is 20.5 Å². The number of hydrogen-bond acceptors (Lipinski definition) is 5. The molecule has 0 spiro atoms. The number of nitrogens with two attached hydrogens (primary N) is 1. The molecule has 3 atom stereocenters. The Balaban J connectivity index is 1.79. The van der Waals surface area contributed by atoms with Gasteiger partial charge in [-0.1, -0.05) is 13.8 Å². The number of rotatable bonds is 6. The predicted octanol–water partition coefficient (Wildman–Crippen LogP) is -0.0343. The minimum Gasteiger partial charge on any atom is -0.379 e. The van der Waals surface area contributed by atoms with Crippen molar-refractivity contribution in [2.75, 3.05) is 39.4 Å². The SMILES string of the molecule is CC(C)C(CNC(=O)[C@@H]1CC[C@H](CN)O1)N1CCOCC1. The highest BCUT2D eigenvalue weighted by atomic mass is 16.5. The summed E-state index contributed by atoms with van der Waals surface area (Å²) in [5, 5.41) is 3.06. The van der Waals surface area contributed by atoms with Gasteiger partial charge in [0.2, 0.25) is 5.91 Å². The fraction of sp³-hybridized carbons (Fsp3) is 0.933. The van der Waals surface area contributed by atoms with Crippen LogP contribution in [0.4, 0.5) is 0 Å². The molecule has 2 aliphatic heterocycles. The minimum absolute atomic E-state index is 0.00450. The first-order chi connectivity index (χ1) is 10.1. The van der Waals surface area contributed by atoms with Gasteiger partial charge in [-0.2, -0.15) is 0 Å². The Kier molecular flexibility index (Phi) is 6.41. The highest BCUT2D eigenvalue weighted by Gasteiger charge is 2.31. The highest BCUT2D eigenvalue weighted by Crippen LogP contribution is 2.19. The normalized spacial score (nSPS) is 28.8. The first-order valence-corrected chi connectivity index (χ1v) is 8.07. The van der Waals surface area contributed by atoms with Crippen molar-refractivity contribution in [2.24, 2.45) is 11.7 Å². The lowest BCUT2D eigenvalue weighted by Gasteiger charge is -2.37. The molecule has 2 rings (SSSR count). The number of nitrogens with one attached hydrogen (secondary N) is 1. The highest BCUT2D eigenvalue weighted by molar-refractivity contribution is 5.81. The van der Waals surface area contributed by atoms with Crippen molar-refractivity contribution in [2.45, 2.75) is 44.9 Å². The second-order valence-electron chi connectivity index (χ2n) is 6.26. The zero-order valence-electron chi connectivity index (χ0n) is 13.2. The van der Waals surface area contributed by atoms with Crippen LogP contribution in [0.15, 0.2) is 0 Å². The van der Waals surface area contributed by atoms with Crippen molar-refractivity contribution < 1.29 is 14.3 Å². The average Bonchev–Trinajstić information content (AvgIpc) is 2.97. The van der Waals surface area contributed by atoms with E-state index in [1.165, 1.54) is 0 Å². The lowest BCUT2D eigenvalue weighted by atomic mass is 10.0. The summed E-state index contributed by atoms with van der Waals surface area (Å²) in [6.07, 6.45) is 1.38.